The Labute approximate surface area is 192 Å². The van der Waals surface area contributed by atoms with Crippen molar-refractivity contribution in [3.8, 4) is 28.5 Å². The summed E-state index contributed by atoms with van der Waals surface area (Å²) < 4.78 is 41.3. The SMILES string of the molecule is [2H]C1([2H])c2ccc(-c3c(C#N)ccc4c3oc3c(-c5ccccn5)cccc34)cc2C([2H])([2H])C1(C)C. The van der Waals surface area contributed by atoms with Crippen LogP contribution in [0.3, 0.4) is 0 Å². The average Bonchev–Trinajstić information content (AvgIpc) is 3.30. The number of benzene rings is 3. The molecule has 1 aliphatic rings. The van der Waals surface area contributed by atoms with Crippen LogP contribution in [0, 0.1) is 16.7 Å². The Balaban J connectivity index is 1.66. The van der Waals surface area contributed by atoms with Gasteiger partial charge >= 0.3 is 0 Å². The molecule has 0 saturated carbocycles. The molecule has 2 aromatic heterocycles. The molecule has 0 N–H and O–H groups in total. The van der Waals surface area contributed by atoms with Crippen molar-refractivity contribution in [2.75, 3.05) is 0 Å². The Morgan fingerprint density at radius 3 is 2.59 bits per heavy atom. The fourth-order valence-electron chi connectivity index (χ4n) is 4.58. The van der Waals surface area contributed by atoms with Crippen molar-refractivity contribution in [2.24, 2.45) is 5.41 Å². The number of fused-ring (bicyclic) bond motifs is 4. The molecular formula is C29H22N2O. The lowest BCUT2D eigenvalue weighted by atomic mass is 9.90. The van der Waals surface area contributed by atoms with Crippen molar-refractivity contribution in [1.29, 1.82) is 5.26 Å². The van der Waals surface area contributed by atoms with E-state index in [9.17, 15) is 5.26 Å². The molecule has 6 rings (SSSR count). The third kappa shape index (κ3) is 2.84. The normalized spacial score (nSPS) is 19.5. The zero-order valence-electron chi connectivity index (χ0n) is 21.7. The monoisotopic (exact) mass is 418 g/mol. The summed E-state index contributed by atoms with van der Waals surface area (Å²) in [5, 5.41) is 11.7. The van der Waals surface area contributed by atoms with Gasteiger partial charge in [0.1, 0.15) is 11.2 Å². The van der Waals surface area contributed by atoms with E-state index < -0.39 is 18.2 Å². The van der Waals surface area contributed by atoms with Gasteiger partial charge in [0.05, 0.1) is 17.3 Å². The number of pyridine rings is 1. The van der Waals surface area contributed by atoms with Crippen LogP contribution in [0.5, 0.6) is 0 Å². The van der Waals surface area contributed by atoms with E-state index in [0.717, 1.165) is 22.0 Å². The van der Waals surface area contributed by atoms with E-state index in [4.69, 9.17) is 9.90 Å². The summed E-state index contributed by atoms with van der Waals surface area (Å²) in [6.45, 7) is 3.24. The molecule has 0 amide bonds. The van der Waals surface area contributed by atoms with Crippen LogP contribution in [0.2, 0.25) is 0 Å². The molecule has 2 heterocycles. The number of nitrogens with zero attached hydrogens (tertiary/aromatic N) is 2. The number of para-hydroxylation sites is 1. The van der Waals surface area contributed by atoms with Gasteiger partial charge in [-0.1, -0.05) is 50.2 Å². The second kappa shape index (κ2) is 6.80. The number of rotatable bonds is 2. The quantitative estimate of drug-likeness (QED) is 0.302. The van der Waals surface area contributed by atoms with Gasteiger partial charge in [-0.15, -0.1) is 0 Å². The molecule has 3 aromatic carbocycles. The van der Waals surface area contributed by atoms with E-state index >= 15 is 0 Å². The van der Waals surface area contributed by atoms with Gasteiger partial charge in [0.25, 0.3) is 0 Å². The van der Waals surface area contributed by atoms with Gasteiger partial charge in [0.15, 0.2) is 0 Å². The van der Waals surface area contributed by atoms with Crippen LogP contribution in [0.4, 0.5) is 0 Å². The number of aromatic nitrogens is 1. The topological polar surface area (TPSA) is 49.8 Å². The average molecular weight is 419 g/mol. The van der Waals surface area contributed by atoms with Gasteiger partial charge in [-0.3, -0.25) is 4.98 Å². The molecule has 0 radical (unpaired) electrons. The van der Waals surface area contributed by atoms with Gasteiger partial charge < -0.3 is 4.42 Å². The highest BCUT2D eigenvalue weighted by molar-refractivity contribution is 6.13. The fraction of sp³-hybridized carbons (Fsp3) is 0.172. The molecule has 154 valence electrons. The van der Waals surface area contributed by atoms with Crippen LogP contribution in [-0.2, 0) is 12.7 Å². The minimum absolute atomic E-state index is 0.307. The van der Waals surface area contributed by atoms with Crippen molar-refractivity contribution >= 4 is 21.9 Å². The zero-order chi connectivity index (χ0) is 25.5. The first-order valence-electron chi connectivity index (χ1n) is 12.5. The molecule has 3 nitrogen and oxygen atoms in total. The molecule has 0 atom stereocenters. The van der Waals surface area contributed by atoms with Crippen molar-refractivity contribution in [2.45, 2.75) is 26.6 Å². The molecule has 0 spiro atoms. The van der Waals surface area contributed by atoms with Gasteiger partial charge in [0, 0.05) is 33.6 Å². The molecule has 0 saturated heterocycles. The Morgan fingerprint density at radius 1 is 0.938 bits per heavy atom. The third-order valence-corrected chi connectivity index (χ3v) is 5.93. The van der Waals surface area contributed by atoms with E-state index in [1.54, 1.807) is 44.3 Å². The van der Waals surface area contributed by atoms with E-state index in [1.807, 2.05) is 42.5 Å². The van der Waals surface area contributed by atoms with E-state index in [-0.39, 0.29) is 0 Å². The third-order valence-electron chi connectivity index (χ3n) is 5.93. The summed E-state index contributed by atoms with van der Waals surface area (Å²) in [4.78, 5) is 4.48. The number of nitriles is 1. The molecule has 0 fully saturated rings. The Bertz CT molecular complexity index is 1730. The van der Waals surface area contributed by atoms with Gasteiger partial charge in [0.2, 0.25) is 0 Å². The second-order valence-electron chi connectivity index (χ2n) is 8.61. The summed E-state index contributed by atoms with van der Waals surface area (Å²) >= 11 is 0. The Morgan fingerprint density at radius 2 is 1.78 bits per heavy atom. The highest BCUT2D eigenvalue weighted by Crippen LogP contribution is 2.43. The maximum absolute atomic E-state index is 9.97. The summed E-state index contributed by atoms with van der Waals surface area (Å²) in [6, 6.07) is 22.6. The van der Waals surface area contributed by atoms with Crippen LogP contribution < -0.4 is 0 Å². The first-order chi connectivity index (χ1) is 17.1. The maximum Gasteiger partial charge on any atom is 0.144 e. The summed E-state index contributed by atoms with van der Waals surface area (Å²) in [5.41, 5.74) is 3.80. The fourth-order valence-corrected chi connectivity index (χ4v) is 4.58. The summed E-state index contributed by atoms with van der Waals surface area (Å²) in [6.07, 6.45) is -2.01. The summed E-state index contributed by atoms with van der Waals surface area (Å²) in [5.74, 6) is 0. The molecule has 0 unspecified atom stereocenters. The maximum atomic E-state index is 9.97. The molecule has 5 aromatic rings. The molecule has 3 heteroatoms. The molecule has 1 aliphatic carbocycles. The minimum Gasteiger partial charge on any atom is -0.455 e. The standard InChI is InChI=1S/C29H22N2O/c1-29(2)15-19-10-9-18(14-21(19)16-29)26-20(17-30)11-12-23-22-6-5-7-24(27(22)32-28(23)26)25-8-3-4-13-31-25/h3-14H,15-16H2,1-2H3/i15D2,16D2. The van der Waals surface area contributed by atoms with E-state index in [0.29, 0.717) is 39.0 Å². The van der Waals surface area contributed by atoms with Crippen molar-refractivity contribution in [3.05, 3.63) is 89.6 Å². The largest absolute Gasteiger partial charge is 0.455 e. The van der Waals surface area contributed by atoms with E-state index in [1.165, 1.54) is 0 Å². The first kappa shape index (κ1) is 15.0. The van der Waals surface area contributed by atoms with Crippen LogP contribution in [0.1, 0.15) is 36.0 Å². The van der Waals surface area contributed by atoms with Crippen molar-refractivity contribution in [1.82, 2.24) is 4.98 Å². The van der Waals surface area contributed by atoms with Gasteiger partial charge in [-0.2, -0.15) is 5.26 Å². The summed E-state index contributed by atoms with van der Waals surface area (Å²) in [7, 11) is 0. The van der Waals surface area contributed by atoms with Gasteiger partial charge in [-0.05, 0) is 65.2 Å². The zero-order valence-corrected chi connectivity index (χ0v) is 17.7. The van der Waals surface area contributed by atoms with Crippen LogP contribution >= 0.6 is 0 Å². The Hall–Kier alpha value is -3.90. The van der Waals surface area contributed by atoms with Gasteiger partial charge in [-0.25, -0.2) is 0 Å². The minimum atomic E-state index is -1.90. The predicted octanol–water partition coefficient (Wildman–Crippen LogP) is 7.31. The predicted molar refractivity (Wildman–Crippen MR) is 128 cm³/mol. The lowest BCUT2D eigenvalue weighted by Gasteiger charge is -2.14. The Kier molecular flexibility index (Phi) is 3.19. The smallest absolute Gasteiger partial charge is 0.144 e. The second-order valence-corrected chi connectivity index (χ2v) is 8.61. The van der Waals surface area contributed by atoms with Crippen LogP contribution in [-0.4, -0.2) is 4.98 Å². The highest BCUT2D eigenvalue weighted by Gasteiger charge is 2.29. The highest BCUT2D eigenvalue weighted by atomic mass is 16.3. The molecule has 0 bridgehead atoms. The number of furan rings is 1. The lowest BCUT2D eigenvalue weighted by molar-refractivity contribution is 0.392. The number of hydrogen-bond donors (Lipinski definition) is 0. The first-order valence-corrected chi connectivity index (χ1v) is 10.5. The van der Waals surface area contributed by atoms with Crippen LogP contribution in [0.25, 0.3) is 44.3 Å². The van der Waals surface area contributed by atoms with E-state index in [2.05, 4.69) is 11.1 Å². The van der Waals surface area contributed by atoms with Crippen molar-refractivity contribution < 1.29 is 9.90 Å². The molecule has 32 heavy (non-hydrogen) atoms. The lowest BCUT2D eigenvalue weighted by Crippen LogP contribution is -2.09. The van der Waals surface area contributed by atoms with Crippen molar-refractivity contribution in [3.63, 3.8) is 0 Å². The molecular weight excluding hydrogens is 392 g/mol. The number of hydrogen-bond acceptors (Lipinski definition) is 3. The molecule has 0 aliphatic heterocycles. The van der Waals surface area contributed by atoms with Crippen LogP contribution in [0.15, 0.2) is 77.3 Å².